The molecule has 0 radical (unpaired) electrons. The van der Waals surface area contributed by atoms with Crippen LogP contribution in [0.5, 0.6) is 0 Å². The van der Waals surface area contributed by atoms with E-state index in [1.165, 1.54) is 0 Å². The van der Waals surface area contributed by atoms with E-state index < -0.39 is 0 Å². The van der Waals surface area contributed by atoms with E-state index in [2.05, 4.69) is 5.32 Å². The van der Waals surface area contributed by atoms with Crippen molar-refractivity contribution >= 4 is 23.3 Å². The molecule has 1 aromatic rings. The van der Waals surface area contributed by atoms with Crippen LogP contribution in [-0.2, 0) is 0 Å². The van der Waals surface area contributed by atoms with Gasteiger partial charge in [-0.3, -0.25) is 0 Å². The van der Waals surface area contributed by atoms with Gasteiger partial charge in [0.15, 0.2) is 0 Å². The first kappa shape index (κ1) is 13.2. The number of urea groups is 1. The van der Waals surface area contributed by atoms with Crippen molar-refractivity contribution in [2.45, 2.75) is 12.8 Å². The Labute approximate surface area is 112 Å². The summed E-state index contributed by atoms with van der Waals surface area (Å²) in [5, 5.41) is 12.3. The van der Waals surface area contributed by atoms with Crippen LogP contribution in [0, 0.1) is 5.92 Å². The highest BCUT2D eigenvalue weighted by molar-refractivity contribution is 6.30. The third-order valence-electron chi connectivity index (χ3n) is 3.19. The first-order valence-electron chi connectivity index (χ1n) is 6.11. The Bertz CT molecular complexity index is 425. The van der Waals surface area contributed by atoms with E-state index in [9.17, 15) is 4.79 Å². The van der Waals surface area contributed by atoms with Crippen molar-refractivity contribution in [2.75, 3.05) is 25.0 Å². The molecule has 2 rings (SSSR count). The number of hydrogen-bond acceptors (Lipinski definition) is 2. The van der Waals surface area contributed by atoms with Gasteiger partial charge in [0.2, 0.25) is 0 Å². The van der Waals surface area contributed by atoms with Gasteiger partial charge in [-0.25, -0.2) is 4.79 Å². The average Bonchev–Trinajstić information content (AvgIpc) is 2.78. The molecule has 1 fully saturated rings. The molecule has 1 aromatic carbocycles. The highest BCUT2D eigenvalue weighted by Crippen LogP contribution is 2.21. The summed E-state index contributed by atoms with van der Waals surface area (Å²) in [4.78, 5) is 13.8. The lowest BCUT2D eigenvalue weighted by Gasteiger charge is -2.17. The number of rotatable bonds is 3. The fourth-order valence-corrected chi connectivity index (χ4v) is 2.39. The molecule has 0 aliphatic carbocycles. The van der Waals surface area contributed by atoms with E-state index in [0.717, 1.165) is 19.4 Å². The van der Waals surface area contributed by atoms with E-state index >= 15 is 0 Å². The molecule has 98 valence electrons. The number of aliphatic hydroxyl groups is 1. The van der Waals surface area contributed by atoms with Gasteiger partial charge in [0.25, 0.3) is 0 Å². The van der Waals surface area contributed by atoms with E-state index in [0.29, 0.717) is 23.2 Å². The van der Waals surface area contributed by atoms with Crippen LogP contribution in [0.3, 0.4) is 0 Å². The SMILES string of the molecule is O=C(Nc1cccc(Cl)c1)N1CCC(CCO)C1. The topological polar surface area (TPSA) is 52.6 Å². The zero-order valence-corrected chi connectivity index (χ0v) is 10.9. The highest BCUT2D eigenvalue weighted by atomic mass is 35.5. The van der Waals surface area contributed by atoms with Crippen molar-refractivity contribution in [2.24, 2.45) is 5.92 Å². The van der Waals surface area contributed by atoms with Crippen LogP contribution in [0.1, 0.15) is 12.8 Å². The van der Waals surface area contributed by atoms with Crippen molar-refractivity contribution in [1.82, 2.24) is 4.90 Å². The summed E-state index contributed by atoms with van der Waals surface area (Å²) in [6.07, 6.45) is 1.73. The number of carbonyl (C=O) groups excluding carboxylic acids is 1. The van der Waals surface area contributed by atoms with Gasteiger partial charge in [-0.05, 0) is 37.0 Å². The number of nitrogens with zero attached hydrogens (tertiary/aromatic N) is 1. The third-order valence-corrected chi connectivity index (χ3v) is 3.42. The Kier molecular flexibility index (Phi) is 4.44. The lowest BCUT2D eigenvalue weighted by molar-refractivity contribution is 0.217. The molecule has 0 bridgehead atoms. The van der Waals surface area contributed by atoms with Gasteiger partial charge in [0.1, 0.15) is 0 Å². The highest BCUT2D eigenvalue weighted by Gasteiger charge is 2.25. The van der Waals surface area contributed by atoms with Crippen molar-refractivity contribution in [3.63, 3.8) is 0 Å². The maximum atomic E-state index is 12.0. The number of likely N-dealkylation sites (tertiary alicyclic amines) is 1. The molecule has 2 amide bonds. The van der Waals surface area contributed by atoms with Crippen LogP contribution in [0.25, 0.3) is 0 Å². The average molecular weight is 269 g/mol. The second-order valence-electron chi connectivity index (χ2n) is 4.55. The second-order valence-corrected chi connectivity index (χ2v) is 4.99. The van der Waals surface area contributed by atoms with Gasteiger partial charge in [0, 0.05) is 30.4 Å². The van der Waals surface area contributed by atoms with Crippen LogP contribution < -0.4 is 5.32 Å². The van der Waals surface area contributed by atoms with Crippen LogP contribution >= 0.6 is 11.6 Å². The molecule has 5 heteroatoms. The fourth-order valence-electron chi connectivity index (χ4n) is 2.20. The van der Waals surface area contributed by atoms with Crippen molar-refractivity contribution in [3.8, 4) is 0 Å². The monoisotopic (exact) mass is 268 g/mol. The number of nitrogens with one attached hydrogen (secondary N) is 1. The summed E-state index contributed by atoms with van der Waals surface area (Å²) >= 11 is 5.86. The fraction of sp³-hybridized carbons (Fsp3) is 0.462. The maximum Gasteiger partial charge on any atom is 0.321 e. The number of aliphatic hydroxyl groups excluding tert-OH is 1. The van der Waals surface area contributed by atoms with Crippen LogP contribution in [0.15, 0.2) is 24.3 Å². The molecule has 0 spiro atoms. The number of hydrogen-bond donors (Lipinski definition) is 2. The minimum atomic E-state index is -0.0993. The smallest absolute Gasteiger partial charge is 0.321 e. The van der Waals surface area contributed by atoms with Crippen LogP contribution in [-0.4, -0.2) is 35.7 Å². The molecule has 1 unspecified atom stereocenters. The summed E-state index contributed by atoms with van der Waals surface area (Å²) in [7, 11) is 0. The molecular formula is C13H17ClN2O2. The van der Waals surface area contributed by atoms with Crippen LogP contribution in [0.2, 0.25) is 5.02 Å². The minimum absolute atomic E-state index is 0.0993. The van der Waals surface area contributed by atoms with Crippen LogP contribution in [0.4, 0.5) is 10.5 Å². The summed E-state index contributed by atoms with van der Waals surface area (Å²) < 4.78 is 0. The van der Waals surface area contributed by atoms with Crippen molar-refractivity contribution in [3.05, 3.63) is 29.3 Å². The molecule has 1 saturated heterocycles. The Hall–Kier alpha value is -1.26. The lowest BCUT2D eigenvalue weighted by atomic mass is 10.1. The molecule has 1 aliphatic rings. The van der Waals surface area contributed by atoms with Gasteiger partial charge in [-0.15, -0.1) is 0 Å². The molecule has 0 saturated carbocycles. The molecule has 4 nitrogen and oxygen atoms in total. The van der Waals surface area contributed by atoms with Gasteiger partial charge in [-0.1, -0.05) is 17.7 Å². The summed E-state index contributed by atoms with van der Waals surface area (Å²) in [6.45, 7) is 1.65. The van der Waals surface area contributed by atoms with Crippen molar-refractivity contribution < 1.29 is 9.90 Å². The zero-order valence-electron chi connectivity index (χ0n) is 10.1. The van der Waals surface area contributed by atoms with E-state index in [1.54, 1.807) is 23.1 Å². The maximum absolute atomic E-state index is 12.0. The van der Waals surface area contributed by atoms with Gasteiger partial charge < -0.3 is 15.3 Å². The predicted octanol–water partition coefficient (Wildman–Crippen LogP) is 2.58. The van der Waals surface area contributed by atoms with E-state index in [-0.39, 0.29) is 12.6 Å². The molecule has 1 atom stereocenters. The lowest BCUT2D eigenvalue weighted by Crippen LogP contribution is -2.33. The van der Waals surface area contributed by atoms with Crippen molar-refractivity contribution in [1.29, 1.82) is 0 Å². The number of amides is 2. The van der Waals surface area contributed by atoms with Gasteiger partial charge >= 0.3 is 6.03 Å². The normalized spacial score (nSPS) is 19.0. The first-order valence-corrected chi connectivity index (χ1v) is 6.49. The molecule has 2 N–H and O–H groups in total. The number of halogens is 1. The Balaban J connectivity index is 1.89. The summed E-state index contributed by atoms with van der Waals surface area (Å²) in [5.74, 6) is 0.417. The largest absolute Gasteiger partial charge is 0.396 e. The molecule has 1 aliphatic heterocycles. The third kappa shape index (κ3) is 3.37. The number of anilines is 1. The summed E-state index contributed by atoms with van der Waals surface area (Å²) in [6, 6.07) is 7.00. The predicted molar refractivity (Wildman–Crippen MR) is 71.9 cm³/mol. The summed E-state index contributed by atoms with van der Waals surface area (Å²) in [5.41, 5.74) is 0.707. The molecule has 0 aromatic heterocycles. The Morgan fingerprint density at radius 2 is 2.39 bits per heavy atom. The Morgan fingerprint density at radius 1 is 1.56 bits per heavy atom. The zero-order chi connectivity index (χ0) is 13.0. The molecular weight excluding hydrogens is 252 g/mol. The van der Waals surface area contributed by atoms with Gasteiger partial charge in [0.05, 0.1) is 0 Å². The molecule has 1 heterocycles. The Morgan fingerprint density at radius 3 is 3.11 bits per heavy atom. The number of benzene rings is 1. The quantitative estimate of drug-likeness (QED) is 0.885. The second kappa shape index (κ2) is 6.07. The molecule has 18 heavy (non-hydrogen) atoms. The first-order chi connectivity index (χ1) is 8.69. The van der Waals surface area contributed by atoms with E-state index in [4.69, 9.17) is 16.7 Å². The standard InChI is InChI=1S/C13H17ClN2O2/c14-11-2-1-3-12(8-11)15-13(18)16-6-4-10(9-16)5-7-17/h1-3,8,10,17H,4-7,9H2,(H,15,18). The van der Waals surface area contributed by atoms with Gasteiger partial charge in [-0.2, -0.15) is 0 Å². The minimum Gasteiger partial charge on any atom is -0.396 e. The van der Waals surface area contributed by atoms with E-state index in [1.807, 2.05) is 6.07 Å². The number of carbonyl (C=O) groups is 1.